The summed E-state index contributed by atoms with van der Waals surface area (Å²) in [6, 6.07) is 10.7. The monoisotopic (exact) mass is 259 g/mol. The maximum Gasteiger partial charge on any atom is 0.0533 e. The molecule has 3 nitrogen and oxygen atoms in total. The van der Waals surface area contributed by atoms with Crippen molar-refractivity contribution in [3.63, 3.8) is 0 Å². The van der Waals surface area contributed by atoms with Crippen molar-refractivity contribution < 1.29 is 0 Å². The lowest BCUT2D eigenvalue weighted by Gasteiger charge is -2.10. The quantitative estimate of drug-likeness (QED) is 0.835. The van der Waals surface area contributed by atoms with Gasteiger partial charge in [-0.25, -0.2) is 0 Å². The lowest BCUT2D eigenvalue weighted by Crippen LogP contribution is -2.27. The maximum atomic E-state index is 4.19. The second-order valence-electron chi connectivity index (χ2n) is 4.52. The molecule has 0 aliphatic carbocycles. The molecule has 3 rings (SSSR count). The van der Waals surface area contributed by atoms with Crippen LogP contribution < -0.4 is 5.32 Å². The van der Waals surface area contributed by atoms with Gasteiger partial charge in [-0.3, -0.25) is 4.68 Å². The van der Waals surface area contributed by atoms with Crippen LogP contribution in [0.25, 0.3) is 0 Å². The molecule has 18 heavy (non-hydrogen) atoms. The molecule has 0 amide bonds. The molecule has 1 unspecified atom stereocenters. The van der Waals surface area contributed by atoms with Crippen molar-refractivity contribution in [1.82, 2.24) is 15.1 Å². The lowest BCUT2D eigenvalue weighted by molar-refractivity contribution is 0.552. The van der Waals surface area contributed by atoms with Crippen LogP contribution in [0.4, 0.5) is 0 Å². The van der Waals surface area contributed by atoms with Crippen molar-refractivity contribution in [2.24, 2.45) is 0 Å². The Morgan fingerprint density at radius 3 is 3.11 bits per heavy atom. The van der Waals surface area contributed by atoms with Gasteiger partial charge in [0, 0.05) is 35.6 Å². The molecular weight excluding hydrogens is 242 g/mol. The molecule has 0 spiro atoms. The van der Waals surface area contributed by atoms with E-state index in [1.807, 2.05) is 34.9 Å². The van der Waals surface area contributed by atoms with Gasteiger partial charge in [0.2, 0.25) is 0 Å². The summed E-state index contributed by atoms with van der Waals surface area (Å²) < 4.78 is 1.96. The Bertz CT molecular complexity index is 471. The second kappa shape index (κ2) is 5.59. The fourth-order valence-electron chi connectivity index (χ4n) is 2.26. The first kappa shape index (κ1) is 11.8. The van der Waals surface area contributed by atoms with Gasteiger partial charge in [-0.05, 0) is 24.1 Å². The zero-order chi connectivity index (χ0) is 12.2. The van der Waals surface area contributed by atoms with E-state index in [1.54, 1.807) is 0 Å². The van der Waals surface area contributed by atoms with Gasteiger partial charge in [0.25, 0.3) is 0 Å². The molecule has 2 aromatic rings. The second-order valence-corrected chi connectivity index (χ2v) is 5.87. The molecule has 1 atom stereocenters. The minimum atomic E-state index is 0.681. The van der Waals surface area contributed by atoms with Crippen molar-refractivity contribution in [2.45, 2.75) is 23.1 Å². The third-order valence-electron chi connectivity index (χ3n) is 3.16. The van der Waals surface area contributed by atoms with Gasteiger partial charge in [-0.2, -0.15) is 5.10 Å². The number of nitrogens with one attached hydrogen (secondary N) is 1. The summed E-state index contributed by atoms with van der Waals surface area (Å²) in [7, 11) is 0. The van der Waals surface area contributed by atoms with Crippen LogP contribution in [0.15, 0.2) is 47.6 Å². The highest BCUT2D eigenvalue weighted by molar-refractivity contribution is 8.00. The molecule has 94 valence electrons. The predicted octanol–water partition coefficient (Wildman–Crippen LogP) is 2.19. The summed E-state index contributed by atoms with van der Waals surface area (Å²) in [4.78, 5) is 1.45. The molecule has 1 aliphatic heterocycles. The summed E-state index contributed by atoms with van der Waals surface area (Å²) >= 11 is 2.00. The summed E-state index contributed by atoms with van der Waals surface area (Å²) in [5, 5.41) is 8.39. The Morgan fingerprint density at radius 1 is 1.33 bits per heavy atom. The highest BCUT2D eigenvalue weighted by atomic mass is 32.2. The number of nitrogens with zero attached hydrogens (tertiary/aromatic N) is 2. The largest absolute Gasteiger partial charge is 0.314 e. The average Bonchev–Trinajstić information content (AvgIpc) is 3.03. The summed E-state index contributed by atoms with van der Waals surface area (Å²) in [5.74, 6) is 0. The van der Waals surface area contributed by atoms with Crippen LogP contribution in [0.5, 0.6) is 0 Å². The van der Waals surface area contributed by atoms with E-state index in [1.165, 1.54) is 16.9 Å². The maximum absolute atomic E-state index is 4.19. The molecule has 0 fully saturated rings. The van der Waals surface area contributed by atoms with Crippen LogP contribution in [0.1, 0.15) is 5.56 Å². The molecule has 0 saturated heterocycles. The van der Waals surface area contributed by atoms with Crippen molar-refractivity contribution in [3.05, 3.63) is 48.3 Å². The van der Waals surface area contributed by atoms with Gasteiger partial charge < -0.3 is 5.32 Å². The summed E-state index contributed by atoms with van der Waals surface area (Å²) in [6.07, 6.45) is 5.01. The third kappa shape index (κ3) is 2.76. The SMILES string of the molecule is c1ccc2c(c1)CC(CNCCn1cccn1)S2. The van der Waals surface area contributed by atoms with Gasteiger partial charge in [0.15, 0.2) is 0 Å². The van der Waals surface area contributed by atoms with E-state index in [2.05, 4.69) is 34.7 Å². The molecule has 4 heteroatoms. The number of hydrogen-bond donors (Lipinski definition) is 1. The first-order valence-corrected chi connectivity index (χ1v) is 7.22. The molecule has 0 saturated carbocycles. The molecular formula is C14H17N3S. The molecule has 1 aliphatic rings. The standard InChI is InChI=1S/C14H17N3S/c1-2-5-14-12(4-1)10-13(18-14)11-15-7-9-17-8-3-6-16-17/h1-6,8,13,15H,7,9-11H2. The van der Waals surface area contributed by atoms with Crippen LogP contribution in [-0.4, -0.2) is 28.1 Å². The Kier molecular flexibility index (Phi) is 3.67. The summed E-state index contributed by atoms with van der Waals surface area (Å²) in [5.41, 5.74) is 1.50. The van der Waals surface area contributed by atoms with Gasteiger partial charge in [0.1, 0.15) is 0 Å². The Morgan fingerprint density at radius 2 is 2.28 bits per heavy atom. The van der Waals surface area contributed by atoms with E-state index >= 15 is 0 Å². The fraction of sp³-hybridized carbons (Fsp3) is 0.357. The zero-order valence-electron chi connectivity index (χ0n) is 10.2. The lowest BCUT2D eigenvalue weighted by atomic mass is 10.1. The molecule has 1 aromatic carbocycles. The number of aromatic nitrogens is 2. The number of benzene rings is 1. The Balaban J connectivity index is 1.41. The van der Waals surface area contributed by atoms with Crippen LogP contribution >= 0.6 is 11.8 Å². The van der Waals surface area contributed by atoms with Crippen LogP contribution in [0.3, 0.4) is 0 Å². The zero-order valence-corrected chi connectivity index (χ0v) is 11.1. The minimum absolute atomic E-state index is 0.681. The first-order chi connectivity index (χ1) is 8.92. The number of rotatable bonds is 5. The van der Waals surface area contributed by atoms with Crippen LogP contribution in [0, 0.1) is 0 Å². The number of hydrogen-bond acceptors (Lipinski definition) is 3. The normalized spacial score (nSPS) is 17.9. The fourth-order valence-corrected chi connectivity index (χ4v) is 3.54. The Hall–Kier alpha value is -1.26. The van der Waals surface area contributed by atoms with Gasteiger partial charge in [-0.1, -0.05) is 18.2 Å². The number of fused-ring (bicyclic) bond motifs is 1. The molecule has 1 N–H and O–H groups in total. The van der Waals surface area contributed by atoms with Crippen LogP contribution in [-0.2, 0) is 13.0 Å². The van der Waals surface area contributed by atoms with E-state index < -0.39 is 0 Å². The van der Waals surface area contributed by atoms with E-state index in [0.29, 0.717) is 5.25 Å². The molecule has 1 aromatic heterocycles. The highest BCUT2D eigenvalue weighted by Crippen LogP contribution is 2.36. The van der Waals surface area contributed by atoms with Gasteiger partial charge in [0.05, 0.1) is 6.54 Å². The topological polar surface area (TPSA) is 29.9 Å². The average molecular weight is 259 g/mol. The van der Waals surface area contributed by atoms with Crippen molar-refractivity contribution >= 4 is 11.8 Å². The van der Waals surface area contributed by atoms with E-state index in [0.717, 1.165) is 19.6 Å². The van der Waals surface area contributed by atoms with Gasteiger partial charge >= 0.3 is 0 Å². The Labute approximate surface area is 112 Å². The number of thioether (sulfide) groups is 1. The summed E-state index contributed by atoms with van der Waals surface area (Å²) in [6.45, 7) is 2.99. The van der Waals surface area contributed by atoms with Crippen molar-refractivity contribution in [1.29, 1.82) is 0 Å². The molecule has 0 radical (unpaired) electrons. The first-order valence-electron chi connectivity index (χ1n) is 6.34. The van der Waals surface area contributed by atoms with Crippen LogP contribution in [0.2, 0.25) is 0 Å². The highest BCUT2D eigenvalue weighted by Gasteiger charge is 2.20. The van der Waals surface area contributed by atoms with E-state index in [4.69, 9.17) is 0 Å². The minimum Gasteiger partial charge on any atom is -0.314 e. The van der Waals surface area contributed by atoms with E-state index in [9.17, 15) is 0 Å². The predicted molar refractivity (Wildman–Crippen MR) is 74.9 cm³/mol. The third-order valence-corrected chi connectivity index (χ3v) is 4.48. The molecule has 0 bridgehead atoms. The van der Waals surface area contributed by atoms with Crippen molar-refractivity contribution in [3.8, 4) is 0 Å². The van der Waals surface area contributed by atoms with Gasteiger partial charge in [-0.15, -0.1) is 11.8 Å². The van der Waals surface area contributed by atoms with Crippen molar-refractivity contribution in [2.75, 3.05) is 13.1 Å². The smallest absolute Gasteiger partial charge is 0.0533 e. The molecule has 2 heterocycles. The van der Waals surface area contributed by atoms with E-state index in [-0.39, 0.29) is 0 Å².